The summed E-state index contributed by atoms with van der Waals surface area (Å²) in [5, 5.41) is 5.60. The number of carbonyl (C=O) groups is 2. The fourth-order valence-electron chi connectivity index (χ4n) is 3.01. The van der Waals surface area contributed by atoms with Crippen molar-refractivity contribution >= 4 is 23.3 Å². The lowest BCUT2D eigenvalue weighted by atomic mass is 9.91. The fraction of sp³-hybridized carbons (Fsp3) is 0.636. The van der Waals surface area contributed by atoms with Crippen LogP contribution >= 0.6 is 0 Å². The fourth-order valence-corrected chi connectivity index (χ4v) is 3.01. The molecule has 0 aromatic heterocycles. The standard InChI is InChI=1S/C22H38N4O2/c1-9-16(3)26(20(27)14-22(4,5)6)15-17-13-18(24-21(28)23-10-2)11-12-19(17)25(7)8/h11-13,16H,9-10,14-15H2,1-8H3,(H2,23,24,28)/t16-/m1/s1. The third-order valence-corrected chi connectivity index (χ3v) is 4.62. The zero-order chi connectivity index (χ0) is 21.5. The van der Waals surface area contributed by atoms with Crippen LogP contribution in [0.2, 0.25) is 0 Å². The quantitative estimate of drug-likeness (QED) is 0.689. The van der Waals surface area contributed by atoms with E-state index in [4.69, 9.17) is 0 Å². The maximum absolute atomic E-state index is 13.0. The van der Waals surface area contributed by atoms with Crippen molar-refractivity contribution in [1.29, 1.82) is 0 Å². The summed E-state index contributed by atoms with van der Waals surface area (Å²) in [4.78, 5) is 28.9. The van der Waals surface area contributed by atoms with Crippen LogP contribution in [-0.2, 0) is 11.3 Å². The lowest BCUT2D eigenvalue weighted by Crippen LogP contribution is -2.39. The van der Waals surface area contributed by atoms with Gasteiger partial charge in [0.05, 0.1) is 0 Å². The highest BCUT2D eigenvalue weighted by Crippen LogP contribution is 2.27. The second kappa shape index (κ2) is 10.3. The first kappa shape index (κ1) is 23.8. The van der Waals surface area contributed by atoms with Crippen LogP contribution in [0.4, 0.5) is 16.2 Å². The van der Waals surface area contributed by atoms with E-state index in [1.54, 1.807) is 0 Å². The van der Waals surface area contributed by atoms with Gasteiger partial charge < -0.3 is 20.4 Å². The normalized spacial score (nSPS) is 12.3. The molecule has 0 saturated heterocycles. The van der Waals surface area contributed by atoms with Crippen molar-refractivity contribution in [2.45, 2.75) is 67.0 Å². The zero-order valence-corrected chi connectivity index (χ0v) is 18.8. The number of hydrogen-bond donors (Lipinski definition) is 2. The molecule has 0 heterocycles. The van der Waals surface area contributed by atoms with Crippen LogP contribution in [0.5, 0.6) is 0 Å². The molecule has 158 valence electrons. The number of carbonyl (C=O) groups excluding carboxylic acids is 2. The highest BCUT2D eigenvalue weighted by atomic mass is 16.2. The van der Waals surface area contributed by atoms with Gasteiger partial charge in [-0.05, 0) is 49.4 Å². The van der Waals surface area contributed by atoms with Crippen LogP contribution in [0.3, 0.4) is 0 Å². The molecule has 1 rings (SSSR count). The van der Waals surface area contributed by atoms with Crippen LogP contribution in [-0.4, -0.2) is 43.5 Å². The minimum atomic E-state index is -0.228. The van der Waals surface area contributed by atoms with E-state index in [-0.39, 0.29) is 23.4 Å². The average molecular weight is 391 g/mol. The van der Waals surface area contributed by atoms with E-state index in [1.807, 2.05) is 49.0 Å². The second-order valence-electron chi connectivity index (χ2n) is 8.74. The van der Waals surface area contributed by atoms with E-state index in [9.17, 15) is 9.59 Å². The van der Waals surface area contributed by atoms with Crippen LogP contribution < -0.4 is 15.5 Å². The van der Waals surface area contributed by atoms with E-state index in [0.717, 1.165) is 23.4 Å². The third-order valence-electron chi connectivity index (χ3n) is 4.62. The number of nitrogens with zero attached hydrogens (tertiary/aromatic N) is 2. The lowest BCUT2D eigenvalue weighted by molar-refractivity contribution is -0.135. The van der Waals surface area contributed by atoms with Gasteiger partial charge in [-0.3, -0.25) is 4.79 Å². The zero-order valence-electron chi connectivity index (χ0n) is 18.8. The van der Waals surface area contributed by atoms with Gasteiger partial charge in [-0.2, -0.15) is 0 Å². The molecule has 0 radical (unpaired) electrons. The Hall–Kier alpha value is -2.24. The number of anilines is 2. The molecule has 0 aliphatic rings. The van der Waals surface area contributed by atoms with E-state index in [0.29, 0.717) is 19.5 Å². The molecule has 6 nitrogen and oxygen atoms in total. The molecule has 1 aromatic carbocycles. The van der Waals surface area contributed by atoms with Crippen LogP contribution in [0.15, 0.2) is 18.2 Å². The van der Waals surface area contributed by atoms with Gasteiger partial charge in [-0.1, -0.05) is 27.7 Å². The molecule has 1 aromatic rings. The third kappa shape index (κ3) is 7.41. The molecule has 0 fully saturated rings. The Morgan fingerprint density at radius 3 is 2.29 bits per heavy atom. The minimum absolute atomic E-state index is 0.0607. The van der Waals surface area contributed by atoms with Gasteiger partial charge in [0.2, 0.25) is 5.91 Å². The Morgan fingerprint density at radius 2 is 1.79 bits per heavy atom. The topological polar surface area (TPSA) is 64.7 Å². The Labute approximate surface area is 170 Å². The SMILES string of the molecule is CCNC(=O)Nc1ccc(N(C)C)c(CN(C(=O)CC(C)(C)C)[C@H](C)CC)c1. The van der Waals surface area contributed by atoms with Crippen molar-refractivity contribution < 1.29 is 9.59 Å². The van der Waals surface area contributed by atoms with Gasteiger partial charge in [0.25, 0.3) is 0 Å². The first-order valence-electron chi connectivity index (χ1n) is 10.1. The highest BCUT2D eigenvalue weighted by Gasteiger charge is 2.25. The van der Waals surface area contributed by atoms with Crippen molar-refractivity contribution in [1.82, 2.24) is 10.2 Å². The summed E-state index contributed by atoms with van der Waals surface area (Å²) in [6.07, 6.45) is 1.40. The molecule has 1 atom stereocenters. The molecular formula is C22H38N4O2. The summed E-state index contributed by atoms with van der Waals surface area (Å²) in [5.41, 5.74) is 2.72. The van der Waals surface area contributed by atoms with E-state index in [1.165, 1.54) is 0 Å². The van der Waals surface area contributed by atoms with Crippen LogP contribution in [0.25, 0.3) is 0 Å². The molecule has 0 spiro atoms. The Balaban J connectivity index is 3.20. The highest BCUT2D eigenvalue weighted by molar-refractivity contribution is 5.89. The van der Waals surface area contributed by atoms with Gasteiger partial charge in [0, 0.05) is 51.0 Å². The van der Waals surface area contributed by atoms with Crippen LogP contribution in [0.1, 0.15) is 59.9 Å². The van der Waals surface area contributed by atoms with Gasteiger partial charge in [0.15, 0.2) is 0 Å². The largest absolute Gasteiger partial charge is 0.377 e. The molecule has 3 amide bonds. The number of rotatable bonds is 8. The van der Waals surface area contributed by atoms with Crippen molar-refractivity contribution in [2.75, 3.05) is 30.9 Å². The van der Waals surface area contributed by atoms with Crippen molar-refractivity contribution in [3.63, 3.8) is 0 Å². The number of urea groups is 1. The molecule has 0 saturated carbocycles. The first-order valence-corrected chi connectivity index (χ1v) is 10.1. The predicted octanol–water partition coefficient (Wildman–Crippen LogP) is 4.46. The Kier molecular flexibility index (Phi) is 8.79. The van der Waals surface area contributed by atoms with Gasteiger partial charge >= 0.3 is 6.03 Å². The molecule has 0 aliphatic carbocycles. The summed E-state index contributed by atoms with van der Waals surface area (Å²) in [6, 6.07) is 5.75. The van der Waals surface area contributed by atoms with E-state index < -0.39 is 0 Å². The number of hydrogen-bond acceptors (Lipinski definition) is 3. The summed E-state index contributed by atoms with van der Waals surface area (Å²) in [7, 11) is 3.97. The molecule has 2 N–H and O–H groups in total. The second-order valence-corrected chi connectivity index (χ2v) is 8.74. The summed E-state index contributed by atoms with van der Waals surface area (Å²) < 4.78 is 0. The molecule has 28 heavy (non-hydrogen) atoms. The maximum atomic E-state index is 13.0. The van der Waals surface area contributed by atoms with E-state index >= 15 is 0 Å². The number of nitrogens with one attached hydrogen (secondary N) is 2. The van der Waals surface area contributed by atoms with Crippen molar-refractivity contribution in [3.8, 4) is 0 Å². The maximum Gasteiger partial charge on any atom is 0.319 e. The average Bonchev–Trinajstić information content (AvgIpc) is 2.57. The van der Waals surface area contributed by atoms with E-state index in [2.05, 4.69) is 45.3 Å². The summed E-state index contributed by atoms with van der Waals surface area (Å²) in [5.74, 6) is 0.161. The van der Waals surface area contributed by atoms with Crippen molar-refractivity contribution in [3.05, 3.63) is 23.8 Å². The monoisotopic (exact) mass is 390 g/mol. The summed E-state index contributed by atoms with van der Waals surface area (Å²) >= 11 is 0. The Bertz CT molecular complexity index is 665. The van der Waals surface area contributed by atoms with Crippen LogP contribution in [0, 0.1) is 5.41 Å². The predicted molar refractivity (Wildman–Crippen MR) is 118 cm³/mol. The van der Waals surface area contributed by atoms with Gasteiger partial charge in [0.1, 0.15) is 0 Å². The Morgan fingerprint density at radius 1 is 1.14 bits per heavy atom. The molecule has 6 heteroatoms. The number of benzene rings is 1. The number of amides is 3. The minimum Gasteiger partial charge on any atom is -0.377 e. The molecule has 0 bridgehead atoms. The van der Waals surface area contributed by atoms with Gasteiger partial charge in [-0.25, -0.2) is 4.79 Å². The first-order chi connectivity index (χ1) is 13.0. The van der Waals surface area contributed by atoms with Gasteiger partial charge in [-0.15, -0.1) is 0 Å². The molecular weight excluding hydrogens is 352 g/mol. The lowest BCUT2D eigenvalue weighted by Gasteiger charge is -2.33. The smallest absolute Gasteiger partial charge is 0.319 e. The summed E-state index contributed by atoms with van der Waals surface area (Å²) in [6.45, 7) is 13.4. The molecule has 0 unspecified atom stereocenters. The molecule has 0 aliphatic heterocycles. The van der Waals surface area contributed by atoms with Crippen molar-refractivity contribution in [2.24, 2.45) is 5.41 Å².